The molecule has 6 nitrogen and oxygen atoms in total. The number of hydrogen-bond donors (Lipinski definition) is 2. The van der Waals surface area contributed by atoms with E-state index in [1.165, 1.54) is 0 Å². The van der Waals surface area contributed by atoms with Crippen molar-refractivity contribution in [1.29, 1.82) is 5.26 Å². The summed E-state index contributed by atoms with van der Waals surface area (Å²) >= 11 is 0. The SMILES string of the molecule is CCN(CC(C)C#N)C(=O)NCC1CCC(C(=O)O)CC1. The molecular formula is C15H25N3O3. The summed E-state index contributed by atoms with van der Waals surface area (Å²) in [6.07, 6.45) is 3.08. The molecule has 1 saturated carbocycles. The minimum atomic E-state index is -0.708. The van der Waals surface area contributed by atoms with Crippen molar-refractivity contribution in [1.82, 2.24) is 10.2 Å². The van der Waals surface area contributed by atoms with Crippen LogP contribution in [0.1, 0.15) is 39.5 Å². The Balaban J connectivity index is 2.33. The summed E-state index contributed by atoms with van der Waals surface area (Å²) in [5, 5.41) is 20.7. The summed E-state index contributed by atoms with van der Waals surface area (Å²) < 4.78 is 0. The molecule has 118 valence electrons. The van der Waals surface area contributed by atoms with E-state index in [4.69, 9.17) is 10.4 Å². The summed E-state index contributed by atoms with van der Waals surface area (Å²) in [5.41, 5.74) is 0. The molecule has 1 unspecified atom stereocenters. The zero-order valence-corrected chi connectivity index (χ0v) is 12.8. The van der Waals surface area contributed by atoms with Crippen LogP contribution < -0.4 is 5.32 Å². The third kappa shape index (κ3) is 5.62. The van der Waals surface area contributed by atoms with Crippen LogP contribution in [0.5, 0.6) is 0 Å². The van der Waals surface area contributed by atoms with Gasteiger partial charge in [0.25, 0.3) is 0 Å². The van der Waals surface area contributed by atoms with Gasteiger partial charge < -0.3 is 15.3 Å². The zero-order valence-electron chi connectivity index (χ0n) is 12.8. The smallest absolute Gasteiger partial charge is 0.317 e. The molecule has 0 radical (unpaired) electrons. The third-order valence-electron chi connectivity index (χ3n) is 4.12. The molecular weight excluding hydrogens is 270 g/mol. The molecule has 21 heavy (non-hydrogen) atoms. The number of nitriles is 1. The predicted octanol–water partition coefficient (Wildman–Crippen LogP) is 2.07. The van der Waals surface area contributed by atoms with Crippen LogP contribution in [0.3, 0.4) is 0 Å². The van der Waals surface area contributed by atoms with Crippen LogP contribution >= 0.6 is 0 Å². The van der Waals surface area contributed by atoms with Gasteiger partial charge in [-0.2, -0.15) is 5.26 Å². The number of urea groups is 1. The lowest BCUT2D eigenvalue weighted by Crippen LogP contribution is -2.44. The number of carbonyl (C=O) groups excluding carboxylic acids is 1. The molecule has 0 aromatic rings. The van der Waals surface area contributed by atoms with Gasteiger partial charge in [0.2, 0.25) is 0 Å². The van der Waals surface area contributed by atoms with Crippen LogP contribution in [-0.2, 0) is 4.79 Å². The Bertz CT molecular complexity index is 397. The van der Waals surface area contributed by atoms with Crippen LogP contribution in [0.15, 0.2) is 0 Å². The van der Waals surface area contributed by atoms with Crippen molar-refractivity contribution >= 4 is 12.0 Å². The molecule has 0 spiro atoms. The van der Waals surface area contributed by atoms with E-state index in [1.807, 2.05) is 6.92 Å². The molecule has 0 aromatic carbocycles. The fraction of sp³-hybridized carbons (Fsp3) is 0.800. The molecule has 2 amide bonds. The highest BCUT2D eigenvalue weighted by atomic mass is 16.4. The second-order valence-corrected chi connectivity index (χ2v) is 5.81. The van der Waals surface area contributed by atoms with Gasteiger partial charge in [0, 0.05) is 19.6 Å². The molecule has 1 fully saturated rings. The van der Waals surface area contributed by atoms with Gasteiger partial charge in [0.15, 0.2) is 0 Å². The number of aliphatic carboxylic acids is 1. The number of carbonyl (C=O) groups is 2. The molecule has 1 rings (SSSR count). The van der Waals surface area contributed by atoms with Gasteiger partial charge in [-0.25, -0.2) is 4.79 Å². The summed E-state index contributed by atoms with van der Waals surface area (Å²) in [6.45, 7) is 5.28. The first-order valence-electron chi connectivity index (χ1n) is 7.63. The molecule has 1 aliphatic carbocycles. The van der Waals surface area contributed by atoms with Gasteiger partial charge in [0.1, 0.15) is 0 Å². The Labute approximate surface area is 126 Å². The summed E-state index contributed by atoms with van der Waals surface area (Å²) in [4.78, 5) is 24.6. The molecule has 0 aromatic heterocycles. The van der Waals surface area contributed by atoms with Crippen LogP contribution in [0.25, 0.3) is 0 Å². The topological polar surface area (TPSA) is 93.4 Å². The van der Waals surface area contributed by atoms with Crippen LogP contribution in [0.2, 0.25) is 0 Å². The molecule has 6 heteroatoms. The number of nitrogens with one attached hydrogen (secondary N) is 1. The number of nitrogens with zero attached hydrogens (tertiary/aromatic N) is 2. The first-order chi connectivity index (χ1) is 9.97. The van der Waals surface area contributed by atoms with Gasteiger partial charge in [-0.05, 0) is 45.4 Å². The van der Waals surface area contributed by atoms with E-state index in [1.54, 1.807) is 11.8 Å². The van der Waals surface area contributed by atoms with Gasteiger partial charge in [-0.1, -0.05) is 0 Å². The van der Waals surface area contributed by atoms with E-state index in [0.717, 1.165) is 12.8 Å². The monoisotopic (exact) mass is 295 g/mol. The standard InChI is InChI=1S/C15H25N3O3/c1-3-18(10-11(2)8-16)15(21)17-9-12-4-6-13(7-5-12)14(19)20/h11-13H,3-7,9-10H2,1-2H3,(H,17,21)(H,19,20). The van der Waals surface area contributed by atoms with E-state index in [9.17, 15) is 9.59 Å². The Kier molecular flexibility index (Phi) is 7.00. The molecule has 0 heterocycles. The summed E-state index contributed by atoms with van der Waals surface area (Å²) in [7, 11) is 0. The van der Waals surface area contributed by atoms with Crippen molar-refractivity contribution in [2.24, 2.45) is 17.8 Å². The van der Waals surface area contributed by atoms with E-state index in [0.29, 0.717) is 38.4 Å². The van der Waals surface area contributed by atoms with Crippen molar-refractivity contribution in [3.63, 3.8) is 0 Å². The normalized spacial score (nSPS) is 22.9. The predicted molar refractivity (Wildman–Crippen MR) is 78.5 cm³/mol. The minimum Gasteiger partial charge on any atom is -0.481 e. The maximum atomic E-state index is 12.1. The number of amides is 2. The van der Waals surface area contributed by atoms with Gasteiger partial charge in [-0.3, -0.25) is 4.79 Å². The highest BCUT2D eigenvalue weighted by Crippen LogP contribution is 2.28. The number of hydrogen-bond acceptors (Lipinski definition) is 3. The molecule has 0 bridgehead atoms. The molecule has 1 atom stereocenters. The van der Waals surface area contributed by atoms with E-state index in [-0.39, 0.29) is 17.9 Å². The van der Waals surface area contributed by atoms with Crippen molar-refractivity contribution in [2.45, 2.75) is 39.5 Å². The van der Waals surface area contributed by atoms with Crippen LogP contribution in [0.4, 0.5) is 4.79 Å². The summed E-state index contributed by atoms with van der Waals surface area (Å²) in [6, 6.07) is 1.99. The van der Waals surface area contributed by atoms with Crippen LogP contribution in [-0.4, -0.2) is 41.6 Å². The highest BCUT2D eigenvalue weighted by Gasteiger charge is 2.26. The lowest BCUT2D eigenvalue weighted by atomic mass is 9.82. The lowest BCUT2D eigenvalue weighted by Gasteiger charge is -2.28. The summed E-state index contributed by atoms with van der Waals surface area (Å²) in [5.74, 6) is -0.751. The second-order valence-electron chi connectivity index (χ2n) is 5.81. The quantitative estimate of drug-likeness (QED) is 0.784. The van der Waals surface area contributed by atoms with Crippen LogP contribution in [0, 0.1) is 29.1 Å². The average molecular weight is 295 g/mol. The zero-order chi connectivity index (χ0) is 15.8. The maximum Gasteiger partial charge on any atom is 0.317 e. The first kappa shape index (κ1) is 17.3. The van der Waals surface area contributed by atoms with Crippen molar-refractivity contribution in [2.75, 3.05) is 19.6 Å². The van der Waals surface area contributed by atoms with Crippen molar-refractivity contribution < 1.29 is 14.7 Å². The third-order valence-corrected chi connectivity index (χ3v) is 4.12. The van der Waals surface area contributed by atoms with Gasteiger partial charge in [-0.15, -0.1) is 0 Å². The van der Waals surface area contributed by atoms with Gasteiger partial charge in [0.05, 0.1) is 17.9 Å². The Morgan fingerprint density at radius 2 is 2.00 bits per heavy atom. The van der Waals surface area contributed by atoms with Crippen molar-refractivity contribution in [3.8, 4) is 6.07 Å². The van der Waals surface area contributed by atoms with Gasteiger partial charge >= 0.3 is 12.0 Å². The molecule has 2 N–H and O–H groups in total. The molecule has 1 aliphatic rings. The second kappa shape index (κ2) is 8.50. The number of carboxylic acid groups (broad SMARTS) is 1. The lowest BCUT2D eigenvalue weighted by molar-refractivity contribution is -0.143. The number of rotatable bonds is 6. The van der Waals surface area contributed by atoms with Crippen molar-refractivity contribution in [3.05, 3.63) is 0 Å². The Hall–Kier alpha value is -1.77. The molecule has 0 saturated heterocycles. The minimum absolute atomic E-state index is 0.139. The van der Waals surface area contributed by atoms with E-state index >= 15 is 0 Å². The average Bonchev–Trinajstić information content (AvgIpc) is 2.50. The maximum absolute atomic E-state index is 12.1. The Morgan fingerprint density at radius 3 is 2.48 bits per heavy atom. The fourth-order valence-electron chi connectivity index (χ4n) is 2.68. The van der Waals surface area contributed by atoms with E-state index in [2.05, 4.69) is 11.4 Å². The first-order valence-corrected chi connectivity index (χ1v) is 7.63. The fourth-order valence-corrected chi connectivity index (χ4v) is 2.68. The number of carboxylic acids is 1. The molecule has 0 aliphatic heterocycles. The highest BCUT2D eigenvalue weighted by molar-refractivity contribution is 5.74. The largest absolute Gasteiger partial charge is 0.481 e. The van der Waals surface area contributed by atoms with E-state index < -0.39 is 5.97 Å². The Morgan fingerprint density at radius 1 is 1.38 bits per heavy atom.